The molecule has 1 heterocycles. The monoisotopic (exact) mass is 246 g/mol. The van der Waals surface area contributed by atoms with Crippen molar-refractivity contribution in [1.29, 1.82) is 0 Å². The predicted molar refractivity (Wildman–Crippen MR) is 70.7 cm³/mol. The molecule has 0 unspecified atom stereocenters. The number of fused-ring (bicyclic) bond motifs is 1. The molecule has 0 amide bonds. The number of hydrogen-bond donors (Lipinski definition) is 2. The van der Waals surface area contributed by atoms with Gasteiger partial charge in [0.05, 0.1) is 5.52 Å². The maximum absolute atomic E-state index is 11.4. The summed E-state index contributed by atoms with van der Waals surface area (Å²) in [5, 5.41) is 0. The third kappa shape index (κ3) is 1.68. The molecule has 1 fully saturated rings. The minimum absolute atomic E-state index is 0.00454. The van der Waals surface area contributed by atoms with Crippen LogP contribution in [0, 0.1) is 0 Å². The summed E-state index contributed by atoms with van der Waals surface area (Å²) >= 11 is 0. The number of rotatable bonds is 2. The Kier molecular flexibility index (Phi) is 2.74. The van der Waals surface area contributed by atoms with Crippen molar-refractivity contribution in [3.05, 3.63) is 34.3 Å². The van der Waals surface area contributed by atoms with Crippen LogP contribution in [-0.2, 0) is 5.41 Å². The number of aromatic amines is 1. The molecular formula is C14H18N2O2. The Bertz CT molecular complexity index is 606. The molecule has 0 radical (unpaired) electrons. The van der Waals surface area contributed by atoms with Crippen LogP contribution in [0.2, 0.25) is 0 Å². The summed E-state index contributed by atoms with van der Waals surface area (Å²) in [5.74, 6) is -0.388. The molecule has 18 heavy (non-hydrogen) atoms. The number of para-hydroxylation sites is 1. The minimum Gasteiger partial charge on any atom is -0.408 e. The molecule has 4 heteroatoms. The molecule has 0 aliphatic heterocycles. The van der Waals surface area contributed by atoms with Crippen LogP contribution in [0.3, 0.4) is 0 Å². The van der Waals surface area contributed by atoms with Crippen LogP contribution >= 0.6 is 0 Å². The van der Waals surface area contributed by atoms with E-state index >= 15 is 0 Å². The summed E-state index contributed by atoms with van der Waals surface area (Å²) in [4.78, 5) is 14.2. The number of benzene rings is 1. The average Bonchev–Trinajstić information content (AvgIpc) is 2.79. The lowest BCUT2D eigenvalue weighted by atomic mass is 9.69. The smallest absolute Gasteiger partial charge is 0.408 e. The topological polar surface area (TPSA) is 72.0 Å². The van der Waals surface area contributed by atoms with Crippen LogP contribution in [0.15, 0.2) is 27.4 Å². The van der Waals surface area contributed by atoms with E-state index in [0.717, 1.165) is 23.9 Å². The molecule has 0 spiro atoms. The fourth-order valence-corrected chi connectivity index (χ4v) is 3.23. The zero-order valence-corrected chi connectivity index (χ0v) is 10.4. The highest BCUT2D eigenvalue weighted by atomic mass is 16.4. The van der Waals surface area contributed by atoms with E-state index in [2.05, 4.69) is 11.1 Å². The molecule has 1 aromatic carbocycles. The van der Waals surface area contributed by atoms with Crippen molar-refractivity contribution < 1.29 is 4.42 Å². The first-order valence-corrected chi connectivity index (χ1v) is 6.58. The van der Waals surface area contributed by atoms with Gasteiger partial charge in [0, 0.05) is 12.0 Å². The van der Waals surface area contributed by atoms with E-state index in [9.17, 15) is 4.79 Å². The lowest BCUT2D eigenvalue weighted by Crippen LogP contribution is -2.37. The van der Waals surface area contributed by atoms with Crippen molar-refractivity contribution in [3.63, 3.8) is 0 Å². The molecule has 3 N–H and O–H groups in total. The molecular weight excluding hydrogens is 228 g/mol. The van der Waals surface area contributed by atoms with Crippen molar-refractivity contribution in [2.24, 2.45) is 5.73 Å². The number of nitrogens with two attached hydrogens (primary N) is 1. The van der Waals surface area contributed by atoms with E-state index in [0.29, 0.717) is 12.1 Å². The maximum Gasteiger partial charge on any atom is 0.417 e. The third-order valence-electron chi connectivity index (χ3n) is 4.23. The number of H-pyrrole nitrogens is 1. The summed E-state index contributed by atoms with van der Waals surface area (Å²) in [7, 11) is 0. The Morgan fingerprint density at radius 3 is 2.78 bits per heavy atom. The summed E-state index contributed by atoms with van der Waals surface area (Å²) in [6.07, 6.45) is 5.87. The molecule has 0 saturated heterocycles. The Balaban J connectivity index is 2.19. The average molecular weight is 246 g/mol. The Morgan fingerprint density at radius 2 is 2.06 bits per heavy atom. The standard InChI is InChI=1S/C14H18N2O2/c15-9-14(7-2-1-3-8-14)10-5-4-6-11-12(10)16-13(17)18-11/h4-6H,1-3,7-9,15H2,(H,16,17). The van der Waals surface area contributed by atoms with Crippen molar-refractivity contribution in [1.82, 2.24) is 4.98 Å². The zero-order valence-electron chi connectivity index (χ0n) is 10.4. The van der Waals surface area contributed by atoms with E-state index < -0.39 is 0 Å². The van der Waals surface area contributed by atoms with Gasteiger partial charge in [-0.2, -0.15) is 0 Å². The highest BCUT2D eigenvalue weighted by Gasteiger charge is 2.34. The quantitative estimate of drug-likeness (QED) is 0.853. The molecule has 1 aliphatic carbocycles. The SMILES string of the molecule is NCC1(c2cccc3oc(=O)[nH]c23)CCCCC1. The number of oxazole rings is 1. The van der Waals surface area contributed by atoms with Gasteiger partial charge < -0.3 is 10.2 Å². The maximum atomic E-state index is 11.4. The van der Waals surface area contributed by atoms with E-state index in [4.69, 9.17) is 10.2 Å². The minimum atomic E-state index is -0.388. The molecule has 1 aromatic heterocycles. The van der Waals surface area contributed by atoms with Gasteiger partial charge in [-0.25, -0.2) is 4.79 Å². The summed E-state index contributed by atoms with van der Waals surface area (Å²) in [6.45, 7) is 0.624. The normalized spacial score (nSPS) is 19.2. The first-order valence-electron chi connectivity index (χ1n) is 6.58. The zero-order chi connectivity index (χ0) is 12.6. The Morgan fingerprint density at radius 1 is 1.28 bits per heavy atom. The number of aromatic nitrogens is 1. The summed E-state index contributed by atoms with van der Waals surface area (Å²) in [5.41, 5.74) is 8.66. The predicted octanol–water partition coefficient (Wildman–Crippen LogP) is 2.28. The van der Waals surface area contributed by atoms with Crippen LogP contribution < -0.4 is 11.5 Å². The molecule has 0 atom stereocenters. The second-order valence-corrected chi connectivity index (χ2v) is 5.24. The second kappa shape index (κ2) is 4.28. The van der Waals surface area contributed by atoms with Gasteiger partial charge in [-0.1, -0.05) is 31.4 Å². The first-order chi connectivity index (χ1) is 8.75. The second-order valence-electron chi connectivity index (χ2n) is 5.24. The van der Waals surface area contributed by atoms with Gasteiger partial charge in [-0.05, 0) is 24.5 Å². The fourth-order valence-electron chi connectivity index (χ4n) is 3.23. The molecule has 0 bridgehead atoms. The van der Waals surface area contributed by atoms with Gasteiger partial charge in [0.15, 0.2) is 5.58 Å². The van der Waals surface area contributed by atoms with Crippen molar-refractivity contribution in [3.8, 4) is 0 Å². The van der Waals surface area contributed by atoms with Gasteiger partial charge in [0.2, 0.25) is 0 Å². The molecule has 2 aromatic rings. The lowest BCUT2D eigenvalue weighted by molar-refractivity contribution is 0.302. The first kappa shape index (κ1) is 11.5. The highest BCUT2D eigenvalue weighted by Crippen LogP contribution is 2.40. The van der Waals surface area contributed by atoms with E-state index in [1.165, 1.54) is 19.3 Å². The van der Waals surface area contributed by atoms with Crippen molar-refractivity contribution in [2.75, 3.05) is 6.54 Å². The van der Waals surface area contributed by atoms with Crippen LogP contribution in [0.1, 0.15) is 37.7 Å². The van der Waals surface area contributed by atoms with Crippen LogP contribution in [0.25, 0.3) is 11.1 Å². The number of nitrogens with one attached hydrogen (secondary N) is 1. The largest absolute Gasteiger partial charge is 0.417 e. The van der Waals surface area contributed by atoms with Crippen LogP contribution in [0.5, 0.6) is 0 Å². The van der Waals surface area contributed by atoms with Gasteiger partial charge in [0.25, 0.3) is 0 Å². The Hall–Kier alpha value is -1.55. The molecule has 3 rings (SSSR count). The summed E-state index contributed by atoms with van der Waals surface area (Å²) in [6, 6.07) is 5.84. The van der Waals surface area contributed by atoms with Crippen molar-refractivity contribution in [2.45, 2.75) is 37.5 Å². The molecule has 1 aliphatic rings. The third-order valence-corrected chi connectivity index (χ3v) is 4.23. The Labute approximate surface area is 105 Å². The van der Waals surface area contributed by atoms with E-state index in [-0.39, 0.29) is 11.2 Å². The van der Waals surface area contributed by atoms with Crippen LogP contribution in [-0.4, -0.2) is 11.5 Å². The fraction of sp³-hybridized carbons (Fsp3) is 0.500. The van der Waals surface area contributed by atoms with Crippen LogP contribution in [0.4, 0.5) is 0 Å². The van der Waals surface area contributed by atoms with E-state index in [1.54, 1.807) is 0 Å². The molecule has 96 valence electrons. The van der Waals surface area contributed by atoms with Gasteiger partial charge in [-0.3, -0.25) is 4.98 Å². The highest BCUT2D eigenvalue weighted by molar-refractivity contribution is 5.77. The number of hydrogen-bond acceptors (Lipinski definition) is 3. The van der Waals surface area contributed by atoms with E-state index in [1.807, 2.05) is 12.1 Å². The van der Waals surface area contributed by atoms with Gasteiger partial charge in [0.1, 0.15) is 0 Å². The molecule has 1 saturated carbocycles. The van der Waals surface area contributed by atoms with Gasteiger partial charge in [-0.15, -0.1) is 0 Å². The van der Waals surface area contributed by atoms with Gasteiger partial charge >= 0.3 is 5.76 Å². The van der Waals surface area contributed by atoms with Crippen molar-refractivity contribution >= 4 is 11.1 Å². The lowest BCUT2D eigenvalue weighted by Gasteiger charge is -2.36. The molecule has 4 nitrogen and oxygen atoms in total. The summed E-state index contributed by atoms with van der Waals surface area (Å²) < 4.78 is 5.14.